The van der Waals surface area contributed by atoms with E-state index in [4.69, 9.17) is 5.73 Å². The fourth-order valence-corrected chi connectivity index (χ4v) is 3.84. The van der Waals surface area contributed by atoms with Crippen molar-refractivity contribution in [3.05, 3.63) is 0 Å². The van der Waals surface area contributed by atoms with Gasteiger partial charge in [0.25, 0.3) is 0 Å². The van der Waals surface area contributed by atoms with Gasteiger partial charge in [0.1, 0.15) is 15.4 Å². The third kappa shape index (κ3) is 7.62. The van der Waals surface area contributed by atoms with Crippen LogP contribution in [0.3, 0.4) is 0 Å². The molecule has 0 aliphatic heterocycles. The minimum atomic E-state index is -2.93. The van der Waals surface area contributed by atoms with E-state index in [1.165, 1.54) is 25.1 Å². The number of carbonyl (C=O) groups is 1. The van der Waals surface area contributed by atoms with Gasteiger partial charge in [-0.3, -0.25) is 4.79 Å². The second-order valence-electron chi connectivity index (χ2n) is 4.42. The number of hydrogen-bond acceptors (Lipinski definition) is 6. The van der Waals surface area contributed by atoms with Gasteiger partial charge in [-0.15, -0.1) is 0 Å². The minimum absolute atomic E-state index is 0.103. The molecule has 0 aromatic carbocycles. The number of nitrogens with two attached hydrogens (primary N) is 1. The van der Waals surface area contributed by atoms with Gasteiger partial charge in [-0.2, -0.15) is 11.8 Å². The molecule has 0 saturated carbocycles. The van der Waals surface area contributed by atoms with Crippen molar-refractivity contribution in [2.24, 2.45) is 5.73 Å². The zero-order valence-corrected chi connectivity index (χ0v) is 12.4. The average Bonchev–Trinajstić information content (AvgIpc) is 2.13. The molecule has 0 aromatic rings. The Morgan fingerprint density at radius 1 is 1.53 bits per heavy atom. The minimum Gasteiger partial charge on any atom is -0.468 e. The van der Waals surface area contributed by atoms with Gasteiger partial charge in [0, 0.05) is 17.3 Å². The van der Waals surface area contributed by atoms with Crippen molar-refractivity contribution in [2.45, 2.75) is 31.1 Å². The molecular formula is C10H21NO4S2. The van der Waals surface area contributed by atoms with Gasteiger partial charge in [0.2, 0.25) is 0 Å². The van der Waals surface area contributed by atoms with Crippen LogP contribution in [0.15, 0.2) is 0 Å². The predicted molar refractivity (Wildman–Crippen MR) is 70.9 cm³/mol. The number of esters is 1. The Hall–Kier alpha value is -0.270. The average molecular weight is 283 g/mol. The number of carbonyl (C=O) groups excluding carboxylic acids is 1. The van der Waals surface area contributed by atoms with Gasteiger partial charge in [-0.05, 0) is 13.3 Å². The maximum Gasteiger partial charge on any atom is 0.325 e. The summed E-state index contributed by atoms with van der Waals surface area (Å²) in [4.78, 5) is 11.3. The summed E-state index contributed by atoms with van der Waals surface area (Å²) in [5.74, 6) is 0.201. The molecule has 0 rings (SSSR count). The molecule has 5 nitrogen and oxygen atoms in total. The molecule has 2 atom stereocenters. The van der Waals surface area contributed by atoms with Gasteiger partial charge in [0.05, 0.1) is 12.9 Å². The van der Waals surface area contributed by atoms with E-state index in [1.54, 1.807) is 6.92 Å². The lowest BCUT2D eigenvalue weighted by molar-refractivity contribution is -0.146. The van der Waals surface area contributed by atoms with E-state index in [0.29, 0.717) is 12.2 Å². The molecule has 102 valence electrons. The summed E-state index contributed by atoms with van der Waals surface area (Å²) in [6, 6.07) is 0. The summed E-state index contributed by atoms with van der Waals surface area (Å²) in [6.07, 6.45) is 1.66. The molecule has 0 heterocycles. The Morgan fingerprint density at radius 3 is 2.47 bits per heavy atom. The van der Waals surface area contributed by atoms with Crippen molar-refractivity contribution < 1.29 is 17.9 Å². The van der Waals surface area contributed by atoms with E-state index in [9.17, 15) is 13.2 Å². The highest BCUT2D eigenvalue weighted by Crippen LogP contribution is 2.21. The van der Waals surface area contributed by atoms with E-state index in [2.05, 4.69) is 4.74 Å². The van der Waals surface area contributed by atoms with Crippen LogP contribution in [0.1, 0.15) is 20.3 Å². The van der Waals surface area contributed by atoms with Crippen LogP contribution in [0.5, 0.6) is 0 Å². The van der Waals surface area contributed by atoms with E-state index in [1.807, 2.05) is 6.92 Å². The number of thioether (sulfide) groups is 1. The van der Waals surface area contributed by atoms with Crippen LogP contribution in [0.4, 0.5) is 0 Å². The third-order valence-corrected chi connectivity index (χ3v) is 4.60. The fourth-order valence-electron chi connectivity index (χ4n) is 1.37. The molecule has 0 saturated heterocycles. The number of methoxy groups -OCH3 is 1. The summed E-state index contributed by atoms with van der Waals surface area (Å²) in [5, 5.41) is 0.103. The summed E-state index contributed by atoms with van der Waals surface area (Å²) in [6.45, 7) is 3.54. The second-order valence-corrected chi connectivity index (χ2v) is 8.23. The number of ether oxygens (including phenoxy) is 1. The number of sulfone groups is 1. The molecular weight excluding hydrogens is 262 g/mol. The molecule has 0 aliphatic rings. The lowest BCUT2D eigenvalue weighted by atomic mass is 9.98. The Kier molecular flexibility index (Phi) is 6.50. The van der Waals surface area contributed by atoms with Crippen molar-refractivity contribution in [1.82, 2.24) is 0 Å². The van der Waals surface area contributed by atoms with Crippen LogP contribution >= 0.6 is 11.8 Å². The van der Waals surface area contributed by atoms with E-state index < -0.39 is 21.3 Å². The Bertz CT molecular complexity index is 351. The molecule has 0 aromatic heterocycles. The first-order chi connectivity index (χ1) is 7.58. The smallest absolute Gasteiger partial charge is 0.325 e. The molecule has 0 radical (unpaired) electrons. The largest absolute Gasteiger partial charge is 0.468 e. The summed E-state index contributed by atoms with van der Waals surface area (Å²) < 4.78 is 26.5. The maximum absolute atomic E-state index is 11.3. The van der Waals surface area contributed by atoms with Crippen molar-refractivity contribution in [3.8, 4) is 0 Å². The molecule has 2 N–H and O–H groups in total. The van der Waals surface area contributed by atoms with Gasteiger partial charge >= 0.3 is 5.97 Å². The molecule has 0 aliphatic carbocycles. The highest BCUT2D eigenvalue weighted by molar-refractivity contribution is 8.01. The third-order valence-electron chi connectivity index (χ3n) is 2.22. The van der Waals surface area contributed by atoms with Gasteiger partial charge in [0.15, 0.2) is 0 Å². The van der Waals surface area contributed by atoms with Crippen LogP contribution in [0.2, 0.25) is 0 Å². The quantitative estimate of drug-likeness (QED) is 0.682. The molecule has 2 unspecified atom stereocenters. The Balaban J connectivity index is 4.10. The van der Waals surface area contributed by atoms with Gasteiger partial charge in [-0.1, -0.05) is 6.92 Å². The highest BCUT2D eigenvalue weighted by atomic mass is 32.2. The lowest BCUT2D eigenvalue weighted by Gasteiger charge is -2.24. The van der Waals surface area contributed by atoms with Crippen LogP contribution in [0, 0.1) is 0 Å². The fraction of sp³-hybridized carbons (Fsp3) is 0.900. The van der Waals surface area contributed by atoms with Crippen molar-refractivity contribution in [3.63, 3.8) is 0 Å². The zero-order chi connectivity index (χ0) is 13.7. The van der Waals surface area contributed by atoms with Crippen molar-refractivity contribution >= 4 is 27.6 Å². The maximum atomic E-state index is 11.3. The number of rotatable bonds is 7. The normalized spacial score (nSPS) is 17.2. The molecule has 7 heteroatoms. The van der Waals surface area contributed by atoms with E-state index in [-0.39, 0.29) is 11.0 Å². The molecule has 17 heavy (non-hydrogen) atoms. The second kappa shape index (κ2) is 6.61. The molecule has 0 bridgehead atoms. The molecule has 0 fully saturated rings. The monoisotopic (exact) mass is 283 g/mol. The summed E-state index contributed by atoms with van der Waals surface area (Å²) in [5.41, 5.74) is 4.80. The number of hydrogen-bond donors (Lipinski definition) is 1. The molecule has 0 spiro atoms. The summed E-state index contributed by atoms with van der Waals surface area (Å²) in [7, 11) is -1.63. The van der Waals surface area contributed by atoms with E-state index >= 15 is 0 Å². The van der Waals surface area contributed by atoms with Crippen LogP contribution < -0.4 is 5.73 Å². The van der Waals surface area contributed by atoms with Crippen LogP contribution in [-0.2, 0) is 19.4 Å². The van der Waals surface area contributed by atoms with Gasteiger partial charge in [-0.25, -0.2) is 8.42 Å². The molecule has 0 amide bonds. The van der Waals surface area contributed by atoms with Crippen molar-refractivity contribution in [2.75, 3.05) is 24.9 Å². The Morgan fingerprint density at radius 2 is 2.06 bits per heavy atom. The first kappa shape index (κ1) is 16.7. The Labute approximate surface area is 107 Å². The first-order valence-electron chi connectivity index (χ1n) is 5.25. The zero-order valence-electron chi connectivity index (χ0n) is 10.7. The first-order valence-corrected chi connectivity index (χ1v) is 8.36. The van der Waals surface area contributed by atoms with Gasteiger partial charge < -0.3 is 10.5 Å². The standard InChI is InChI=1S/C10H21NO4S2/c1-8(16-5-6-17(4,13)14)7-10(2,11)9(12)15-3/h8H,5-7,11H2,1-4H3. The lowest BCUT2D eigenvalue weighted by Crippen LogP contribution is -2.47. The van der Waals surface area contributed by atoms with Crippen LogP contribution in [0.25, 0.3) is 0 Å². The topological polar surface area (TPSA) is 86.5 Å². The summed E-state index contributed by atoms with van der Waals surface area (Å²) >= 11 is 1.49. The van der Waals surface area contributed by atoms with Crippen molar-refractivity contribution in [1.29, 1.82) is 0 Å². The van der Waals surface area contributed by atoms with E-state index in [0.717, 1.165) is 0 Å². The predicted octanol–water partition coefficient (Wildman–Crippen LogP) is 0.433. The van der Waals surface area contributed by atoms with Crippen LogP contribution in [-0.4, -0.2) is 50.0 Å². The highest BCUT2D eigenvalue weighted by Gasteiger charge is 2.31. The SMILES string of the molecule is COC(=O)C(C)(N)CC(C)SCCS(C)(=O)=O.